The molecule has 0 bridgehead atoms. The first-order valence-electron chi connectivity index (χ1n) is 13.7. The number of ether oxygens (including phenoxy) is 1. The number of anilines is 3. The fourth-order valence-electron chi connectivity index (χ4n) is 4.01. The summed E-state index contributed by atoms with van der Waals surface area (Å²) >= 11 is 0. The quantitative estimate of drug-likeness (QED) is 0.241. The van der Waals surface area contributed by atoms with Gasteiger partial charge in [0, 0.05) is 31.5 Å². The highest BCUT2D eigenvalue weighted by atomic mass is 16.6. The van der Waals surface area contributed by atoms with Gasteiger partial charge in [0.1, 0.15) is 17.2 Å². The van der Waals surface area contributed by atoms with Gasteiger partial charge in [0.15, 0.2) is 5.82 Å². The van der Waals surface area contributed by atoms with Gasteiger partial charge in [0.2, 0.25) is 11.9 Å². The summed E-state index contributed by atoms with van der Waals surface area (Å²) in [5, 5.41) is 8.70. The lowest BCUT2D eigenvalue weighted by atomic mass is 10.1. The van der Waals surface area contributed by atoms with Crippen molar-refractivity contribution in [1.82, 2.24) is 30.6 Å². The molecular weight excluding hydrogens is 532 g/mol. The monoisotopic (exact) mass is 568 g/mol. The van der Waals surface area contributed by atoms with Crippen molar-refractivity contribution in [3.05, 3.63) is 90.8 Å². The van der Waals surface area contributed by atoms with Crippen LogP contribution in [0.25, 0.3) is 11.4 Å². The van der Waals surface area contributed by atoms with Gasteiger partial charge in [-0.05, 0) is 44.9 Å². The maximum absolute atomic E-state index is 12.5. The standard InChI is InChI=1S/C31H36N8O3/c1-31(2,3)42-30(41)35-21-27(40)34-20-24(19-22-11-7-5-8-12-22)36-29-33-18-16-26(38-29)39(4)25-15-17-32-28(37-25)23-13-9-6-10-14-23/h5-18,24H,19-21H2,1-4H3,(H,34,40)(H,35,41)(H,33,36,38). The third-order valence-electron chi connectivity index (χ3n) is 6.00. The minimum Gasteiger partial charge on any atom is -0.444 e. The van der Waals surface area contributed by atoms with Crippen LogP contribution >= 0.6 is 0 Å². The van der Waals surface area contributed by atoms with Crippen LogP contribution in [0.5, 0.6) is 0 Å². The summed E-state index contributed by atoms with van der Waals surface area (Å²) < 4.78 is 5.19. The second kappa shape index (κ2) is 14.0. The number of rotatable bonds is 11. The van der Waals surface area contributed by atoms with Gasteiger partial charge in [-0.25, -0.2) is 19.7 Å². The van der Waals surface area contributed by atoms with Crippen LogP contribution in [0.1, 0.15) is 26.3 Å². The predicted molar refractivity (Wildman–Crippen MR) is 162 cm³/mol. The Balaban J connectivity index is 1.43. The van der Waals surface area contributed by atoms with Crippen molar-refractivity contribution in [2.75, 3.05) is 30.4 Å². The largest absolute Gasteiger partial charge is 0.444 e. The summed E-state index contributed by atoms with van der Waals surface area (Å²) in [6, 6.07) is 23.1. The van der Waals surface area contributed by atoms with Crippen LogP contribution < -0.4 is 20.9 Å². The zero-order chi connectivity index (χ0) is 30.0. The maximum atomic E-state index is 12.5. The molecule has 1 atom stereocenters. The van der Waals surface area contributed by atoms with Gasteiger partial charge in [-0.3, -0.25) is 4.79 Å². The molecular formula is C31H36N8O3. The third kappa shape index (κ3) is 9.26. The zero-order valence-corrected chi connectivity index (χ0v) is 24.2. The zero-order valence-electron chi connectivity index (χ0n) is 24.2. The first kappa shape index (κ1) is 29.9. The Morgan fingerprint density at radius 3 is 2.19 bits per heavy atom. The molecule has 11 nitrogen and oxygen atoms in total. The van der Waals surface area contributed by atoms with E-state index in [0.717, 1.165) is 11.1 Å². The number of amides is 2. The Hall–Kier alpha value is -5.06. The van der Waals surface area contributed by atoms with Gasteiger partial charge in [-0.15, -0.1) is 0 Å². The SMILES string of the molecule is CN(c1ccnc(NC(CNC(=O)CNC(=O)OC(C)(C)C)Cc2ccccc2)n1)c1ccnc(-c2ccccc2)n1. The first-order chi connectivity index (χ1) is 20.2. The topological polar surface area (TPSA) is 134 Å². The molecule has 42 heavy (non-hydrogen) atoms. The maximum Gasteiger partial charge on any atom is 0.408 e. The lowest BCUT2D eigenvalue weighted by molar-refractivity contribution is -0.120. The van der Waals surface area contributed by atoms with Crippen LogP contribution in [0.2, 0.25) is 0 Å². The van der Waals surface area contributed by atoms with Crippen LogP contribution in [0.4, 0.5) is 22.4 Å². The first-order valence-corrected chi connectivity index (χ1v) is 13.7. The molecule has 0 saturated carbocycles. The Morgan fingerprint density at radius 1 is 0.857 bits per heavy atom. The molecule has 0 saturated heterocycles. The molecule has 0 aliphatic carbocycles. The molecule has 218 valence electrons. The highest BCUT2D eigenvalue weighted by Crippen LogP contribution is 2.23. The Labute approximate surface area is 245 Å². The predicted octanol–water partition coefficient (Wildman–Crippen LogP) is 4.37. The number of aromatic nitrogens is 4. The second-order valence-corrected chi connectivity index (χ2v) is 10.6. The van der Waals surface area contributed by atoms with Gasteiger partial charge in [0.05, 0.1) is 12.6 Å². The number of carbonyl (C=O) groups excluding carboxylic acids is 2. The van der Waals surface area contributed by atoms with E-state index in [4.69, 9.17) is 14.7 Å². The van der Waals surface area contributed by atoms with Crippen molar-refractivity contribution in [2.45, 2.75) is 38.8 Å². The van der Waals surface area contributed by atoms with Gasteiger partial charge in [-0.1, -0.05) is 60.7 Å². The van der Waals surface area contributed by atoms with Gasteiger partial charge in [-0.2, -0.15) is 4.98 Å². The highest BCUT2D eigenvalue weighted by Gasteiger charge is 2.18. The molecule has 0 aliphatic rings. The molecule has 2 heterocycles. The molecule has 2 amide bonds. The molecule has 11 heteroatoms. The molecule has 0 spiro atoms. The number of hydrogen-bond acceptors (Lipinski definition) is 9. The van der Waals surface area contributed by atoms with Crippen molar-refractivity contribution in [2.24, 2.45) is 0 Å². The van der Waals surface area contributed by atoms with E-state index in [1.54, 1.807) is 39.2 Å². The van der Waals surface area contributed by atoms with Crippen LogP contribution in [0, 0.1) is 0 Å². The summed E-state index contributed by atoms with van der Waals surface area (Å²) in [6.45, 7) is 5.36. The number of nitrogens with zero attached hydrogens (tertiary/aromatic N) is 5. The third-order valence-corrected chi connectivity index (χ3v) is 6.00. The minimum absolute atomic E-state index is 0.201. The fraction of sp³-hybridized carbons (Fsp3) is 0.290. The van der Waals surface area contributed by atoms with Crippen molar-refractivity contribution >= 4 is 29.6 Å². The molecule has 4 rings (SSSR count). The summed E-state index contributed by atoms with van der Waals surface area (Å²) in [7, 11) is 1.88. The molecule has 0 radical (unpaired) electrons. The fourth-order valence-corrected chi connectivity index (χ4v) is 4.01. The lowest BCUT2D eigenvalue weighted by Crippen LogP contribution is -2.43. The average Bonchev–Trinajstić information content (AvgIpc) is 2.99. The molecule has 3 N–H and O–H groups in total. The molecule has 0 aliphatic heterocycles. The van der Waals surface area contributed by atoms with Crippen molar-refractivity contribution in [1.29, 1.82) is 0 Å². The van der Waals surface area contributed by atoms with Gasteiger partial charge < -0.3 is 25.6 Å². The molecule has 4 aromatic rings. The Morgan fingerprint density at radius 2 is 1.50 bits per heavy atom. The molecule has 2 aromatic heterocycles. The summed E-state index contributed by atoms with van der Waals surface area (Å²) in [5.74, 6) is 1.99. The van der Waals surface area contributed by atoms with E-state index in [1.807, 2.05) is 78.7 Å². The number of hydrogen-bond donors (Lipinski definition) is 3. The summed E-state index contributed by atoms with van der Waals surface area (Å²) in [4.78, 5) is 44.5. The van der Waals surface area contributed by atoms with Crippen LogP contribution in [0.3, 0.4) is 0 Å². The number of benzene rings is 2. The molecule has 1 unspecified atom stereocenters. The second-order valence-electron chi connectivity index (χ2n) is 10.6. The van der Waals surface area contributed by atoms with E-state index in [1.165, 1.54) is 0 Å². The Kier molecular flexibility index (Phi) is 9.99. The number of alkyl carbamates (subject to hydrolysis) is 1. The smallest absolute Gasteiger partial charge is 0.408 e. The van der Waals surface area contributed by atoms with Crippen molar-refractivity contribution in [3.8, 4) is 11.4 Å². The van der Waals surface area contributed by atoms with Crippen LogP contribution in [0.15, 0.2) is 85.2 Å². The molecule has 0 fully saturated rings. The summed E-state index contributed by atoms with van der Waals surface area (Å²) in [6.07, 6.45) is 3.35. The average molecular weight is 569 g/mol. The Bertz CT molecular complexity index is 1460. The van der Waals surface area contributed by atoms with Crippen molar-refractivity contribution < 1.29 is 14.3 Å². The van der Waals surface area contributed by atoms with E-state index < -0.39 is 11.7 Å². The van der Waals surface area contributed by atoms with E-state index in [0.29, 0.717) is 29.8 Å². The number of nitrogens with one attached hydrogen (secondary N) is 3. The minimum atomic E-state index is -0.648. The van der Waals surface area contributed by atoms with E-state index in [2.05, 4.69) is 25.9 Å². The van der Waals surface area contributed by atoms with Crippen molar-refractivity contribution in [3.63, 3.8) is 0 Å². The normalized spacial score (nSPS) is 11.7. The summed E-state index contributed by atoms with van der Waals surface area (Å²) in [5.41, 5.74) is 1.36. The number of carbonyl (C=O) groups is 2. The highest BCUT2D eigenvalue weighted by molar-refractivity contribution is 5.82. The lowest BCUT2D eigenvalue weighted by Gasteiger charge is -2.22. The van der Waals surface area contributed by atoms with E-state index in [-0.39, 0.29) is 25.0 Å². The van der Waals surface area contributed by atoms with Gasteiger partial charge >= 0.3 is 6.09 Å². The van der Waals surface area contributed by atoms with Crippen LogP contribution in [-0.4, -0.2) is 63.7 Å². The van der Waals surface area contributed by atoms with Gasteiger partial charge in [0.25, 0.3) is 0 Å². The molecule has 2 aromatic carbocycles. The van der Waals surface area contributed by atoms with E-state index in [9.17, 15) is 9.59 Å². The van der Waals surface area contributed by atoms with Crippen LogP contribution in [-0.2, 0) is 16.0 Å². The van der Waals surface area contributed by atoms with E-state index >= 15 is 0 Å².